The van der Waals surface area contributed by atoms with Crippen LogP contribution in [0.15, 0.2) is 54.9 Å². The summed E-state index contributed by atoms with van der Waals surface area (Å²) < 4.78 is 13.7. The summed E-state index contributed by atoms with van der Waals surface area (Å²) in [6.07, 6.45) is 9.40. The number of aryl methyl sites for hydroxylation is 1. The number of pyridine rings is 1. The fourth-order valence-corrected chi connectivity index (χ4v) is 9.17. The number of H-pyrrole nitrogens is 1. The van der Waals surface area contributed by atoms with E-state index in [4.69, 9.17) is 9.47 Å². The summed E-state index contributed by atoms with van der Waals surface area (Å²) in [7, 11) is 2.21. The maximum atomic E-state index is 13.2. The molecule has 0 unspecified atom stereocenters. The van der Waals surface area contributed by atoms with Crippen molar-refractivity contribution in [1.82, 2.24) is 19.8 Å². The zero-order valence-electron chi connectivity index (χ0n) is 27.2. The van der Waals surface area contributed by atoms with Crippen LogP contribution in [-0.2, 0) is 29.6 Å². The number of carbonyl (C=O) groups is 1. The van der Waals surface area contributed by atoms with Gasteiger partial charge < -0.3 is 34.5 Å². The average molecular weight is 633 g/mol. The number of piperidine rings is 1. The Hall–Kier alpha value is -4.18. The number of carbonyl (C=O) groups excluding carboxylic acids is 1. The minimum atomic E-state index is -1.47. The second-order valence-electron chi connectivity index (χ2n) is 14.8. The van der Waals surface area contributed by atoms with Crippen molar-refractivity contribution in [2.24, 2.45) is 5.92 Å². The van der Waals surface area contributed by atoms with Gasteiger partial charge in [0, 0.05) is 64.9 Å². The van der Waals surface area contributed by atoms with Gasteiger partial charge in [0.25, 0.3) is 5.91 Å². The summed E-state index contributed by atoms with van der Waals surface area (Å²) in [4.78, 5) is 25.3. The number of aliphatic hydroxyl groups excluding tert-OH is 1. The van der Waals surface area contributed by atoms with Crippen LogP contribution >= 0.6 is 0 Å². The summed E-state index contributed by atoms with van der Waals surface area (Å²) >= 11 is 0. The third-order valence-electron chi connectivity index (χ3n) is 11.5. The summed E-state index contributed by atoms with van der Waals surface area (Å²) in [6.45, 7) is 6.92. The second-order valence-corrected chi connectivity index (χ2v) is 14.8. The normalized spacial score (nSPS) is 27.4. The minimum absolute atomic E-state index is 0.260. The number of benzene rings is 2. The molecule has 5 aliphatic rings. The zero-order chi connectivity index (χ0) is 32.4. The lowest BCUT2D eigenvalue weighted by Crippen LogP contribution is -2.64. The Balaban J connectivity index is 1.18. The van der Waals surface area contributed by atoms with Crippen LogP contribution < -0.4 is 9.47 Å². The molecular weight excluding hydrogens is 592 g/mol. The molecule has 0 radical (unpaired) electrons. The van der Waals surface area contributed by atoms with Crippen LogP contribution in [0, 0.1) is 12.8 Å². The number of aromatic amines is 1. The highest BCUT2D eigenvalue weighted by molar-refractivity contribution is 5.86. The Morgan fingerprint density at radius 1 is 1.13 bits per heavy atom. The van der Waals surface area contributed by atoms with E-state index in [0.717, 1.165) is 64.0 Å². The van der Waals surface area contributed by atoms with E-state index in [1.807, 2.05) is 30.6 Å². The SMILES string of the molecule is Cc1c[nH]c2ncc(-c3cc4c(c(Oc5ccc6c7c5O[C@H]5[C@@H](O)C=C[C@H]8[C@@H](C6)N(C)CC[C@@]785)c3)CN(C(=O)C(C)(C)O)CC4)cc12. The molecule has 1 spiro atoms. The summed E-state index contributed by atoms with van der Waals surface area (Å²) in [5.74, 6) is 1.95. The van der Waals surface area contributed by atoms with Crippen molar-refractivity contribution in [3.63, 3.8) is 0 Å². The van der Waals surface area contributed by atoms with Gasteiger partial charge in [0.15, 0.2) is 11.5 Å². The fourth-order valence-electron chi connectivity index (χ4n) is 9.17. The molecule has 5 heterocycles. The van der Waals surface area contributed by atoms with Gasteiger partial charge in [0.1, 0.15) is 29.2 Å². The molecule has 4 aromatic rings. The average Bonchev–Trinajstić information content (AvgIpc) is 3.61. The number of aromatic nitrogens is 2. The molecule has 3 aliphatic heterocycles. The molecule has 3 N–H and O–H groups in total. The second kappa shape index (κ2) is 9.92. The van der Waals surface area contributed by atoms with E-state index in [1.54, 1.807) is 4.90 Å². The molecule has 9 nitrogen and oxygen atoms in total. The highest BCUT2D eigenvalue weighted by Gasteiger charge is 2.64. The highest BCUT2D eigenvalue weighted by atomic mass is 16.5. The van der Waals surface area contributed by atoms with Gasteiger partial charge in [-0.1, -0.05) is 24.3 Å². The van der Waals surface area contributed by atoms with Gasteiger partial charge in [-0.3, -0.25) is 4.79 Å². The van der Waals surface area contributed by atoms with E-state index in [0.29, 0.717) is 37.1 Å². The summed E-state index contributed by atoms with van der Waals surface area (Å²) in [5, 5.41) is 22.9. The third kappa shape index (κ3) is 4.12. The monoisotopic (exact) mass is 632 g/mol. The molecule has 2 aromatic carbocycles. The van der Waals surface area contributed by atoms with Crippen LogP contribution in [0.3, 0.4) is 0 Å². The van der Waals surface area contributed by atoms with Crippen molar-refractivity contribution in [2.45, 2.75) is 75.8 Å². The molecule has 242 valence electrons. The van der Waals surface area contributed by atoms with E-state index >= 15 is 0 Å². The molecule has 47 heavy (non-hydrogen) atoms. The highest BCUT2D eigenvalue weighted by Crippen LogP contribution is 2.63. The Morgan fingerprint density at radius 2 is 1.98 bits per heavy atom. The predicted octanol–water partition coefficient (Wildman–Crippen LogP) is 4.79. The van der Waals surface area contributed by atoms with Crippen molar-refractivity contribution < 1.29 is 24.5 Å². The molecular formula is C38H40N4O5. The van der Waals surface area contributed by atoms with Gasteiger partial charge in [0.2, 0.25) is 0 Å². The first kappa shape index (κ1) is 29.0. The number of aliphatic hydroxyl groups is 2. The predicted molar refractivity (Wildman–Crippen MR) is 178 cm³/mol. The molecule has 9 rings (SSSR count). The number of amides is 1. The Kier molecular flexibility index (Phi) is 6.12. The van der Waals surface area contributed by atoms with Crippen LogP contribution in [0.1, 0.15) is 48.1 Å². The number of fused-ring (bicyclic) bond motifs is 2. The molecule has 2 bridgehead atoms. The number of rotatable bonds is 4. The number of nitrogens with zero attached hydrogens (tertiary/aromatic N) is 3. The summed E-state index contributed by atoms with van der Waals surface area (Å²) in [6, 6.07) is 10.9. The lowest BCUT2D eigenvalue weighted by molar-refractivity contribution is -0.148. The zero-order valence-corrected chi connectivity index (χ0v) is 27.2. The summed E-state index contributed by atoms with van der Waals surface area (Å²) in [5.41, 5.74) is 6.66. The van der Waals surface area contributed by atoms with Gasteiger partial charge in [-0.15, -0.1) is 0 Å². The van der Waals surface area contributed by atoms with Crippen molar-refractivity contribution in [2.75, 3.05) is 20.1 Å². The largest absolute Gasteiger partial charge is 0.482 e. The Morgan fingerprint density at radius 3 is 2.81 bits per heavy atom. The smallest absolute Gasteiger partial charge is 0.254 e. The molecule has 5 atom stereocenters. The topological polar surface area (TPSA) is 111 Å². The first-order chi connectivity index (χ1) is 22.5. The van der Waals surface area contributed by atoms with E-state index in [9.17, 15) is 15.0 Å². The molecule has 1 fully saturated rings. The third-order valence-corrected chi connectivity index (χ3v) is 11.5. The lowest BCUT2D eigenvalue weighted by atomic mass is 9.53. The van der Waals surface area contributed by atoms with Crippen LogP contribution in [0.5, 0.6) is 17.2 Å². The van der Waals surface area contributed by atoms with E-state index in [2.05, 4.69) is 53.1 Å². The Labute approximate surface area is 273 Å². The van der Waals surface area contributed by atoms with Crippen molar-refractivity contribution in [3.05, 3.63) is 82.7 Å². The number of hydrogen-bond acceptors (Lipinski definition) is 7. The van der Waals surface area contributed by atoms with E-state index in [-0.39, 0.29) is 23.3 Å². The van der Waals surface area contributed by atoms with Crippen molar-refractivity contribution in [1.29, 1.82) is 0 Å². The first-order valence-electron chi connectivity index (χ1n) is 16.7. The maximum absolute atomic E-state index is 13.2. The molecule has 2 aliphatic carbocycles. The standard InChI is InChI=1S/C38H40N4O5/c1-20-17-39-35-25(20)14-24(18-40-35)23-13-21-9-11-42(36(44)37(2,3)45)19-26(21)31(16-23)46-30-8-5-22-15-28-27-6-7-29(43)34-38(27,10-12-41(28)4)32(22)33(30)47-34/h5-8,13-14,16-18,27-29,34,43,45H,9-12,15,19H2,1-4H3,(H,39,40)/t27-,28+,29-,34-,38-/m0/s1. The van der Waals surface area contributed by atoms with Gasteiger partial charge in [-0.05, 0) is 94.1 Å². The fraction of sp³-hybridized carbons (Fsp3) is 0.421. The van der Waals surface area contributed by atoms with E-state index in [1.165, 1.54) is 25.0 Å². The number of ether oxygens (including phenoxy) is 2. The van der Waals surface area contributed by atoms with Crippen LogP contribution in [0.25, 0.3) is 22.2 Å². The molecule has 1 amide bonds. The van der Waals surface area contributed by atoms with Gasteiger partial charge in [-0.25, -0.2) is 4.98 Å². The quantitative estimate of drug-likeness (QED) is 0.278. The Bertz CT molecular complexity index is 2010. The van der Waals surface area contributed by atoms with Crippen LogP contribution in [-0.4, -0.2) is 79.9 Å². The van der Waals surface area contributed by atoms with Crippen LogP contribution in [0.2, 0.25) is 0 Å². The molecule has 2 aromatic heterocycles. The maximum Gasteiger partial charge on any atom is 0.254 e. The molecule has 9 heteroatoms. The van der Waals surface area contributed by atoms with Gasteiger partial charge >= 0.3 is 0 Å². The first-order valence-corrected chi connectivity index (χ1v) is 16.7. The number of likely N-dealkylation sites (tertiary alicyclic amines) is 1. The van der Waals surface area contributed by atoms with Gasteiger partial charge in [-0.2, -0.15) is 0 Å². The lowest BCUT2D eigenvalue weighted by Gasteiger charge is -2.56. The van der Waals surface area contributed by atoms with Crippen molar-refractivity contribution in [3.8, 4) is 28.4 Å². The molecule has 0 saturated carbocycles. The van der Waals surface area contributed by atoms with Crippen molar-refractivity contribution >= 4 is 16.9 Å². The van der Waals surface area contributed by atoms with Crippen LogP contribution in [0.4, 0.5) is 0 Å². The minimum Gasteiger partial charge on any atom is -0.482 e. The van der Waals surface area contributed by atoms with E-state index < -0.39 is 11.7 Å². The van der Waals surface area contributed by atoms with Gasteiger partial charge in [0.05, 0.1) is 0 Å². The number of likely N-dealkylation sites (N-methyl/N-ethyl adjacent to an activating group) is 1. The number of nitrogens with one attached hydrogen (secondary N) is 1. The number of hydrogen-bond donors (Lipinski definition) is 3. The molecule has 1 saturated heterocycles.